The lowest BCUT2D eigenvalue weighted by Crippen LogP contribution is -2.66. The summed E-state index contributed by atoms with van der Waals surface area (Å²) in [5.74, 6) is -4.09. The third-order valence-electron chi connectivity index (χ3n) is 7.35. The summed E-state index contributed by atoms with van der Waals surface area (Å²) >= 11 is 0. The Bertz CT molecular complexity index is 1380. The lowest BCUT2D eigenvalue weighted by molar-refractivity contribution is -0.279. The van der Waals surface area contributed by atoms with Crippen LogP contribution >= 0.6 is 0 Å². The van der Waals surface area contributed by atoms with Crippen LogP contribution in [-0.2, 0) is 70.0 Å². The molecule has 1 saturated heterocycles. The van der Waals surface area contributed by atoms with Crippen LogP contribution in [0.3, 0.4) is 0 Å². The Hall–Kier alpha value is -4.41. The highest BCUT2D eigenvalue weighted by atomic mass is 16.7. The minimum Gasteiger partial charge on any atom is -0.463 e. The highest BCUT2D eigenvalue weighted by molar-refractivity contribution is 6.16. The lowest BCUT2D eigenvalue weighted by atomic mass is 9.93. The van der Waals surface area contributed by atoms with E-state index in [0.29, 0.717) is 30.4 Å². The van der Waals surface area contributed by atoms with E-state index in [-0.39, 0.29) is 50.9 Å². The Morgan fingerprint density at radius 3 is 2.10 bits per heavy atom. The Morgan fingerprint density at radius 2 is 1.48 bits per heavy atom. The van der Waals surface area contributed by atoms with Crippen molar-refractivity contribution in [1.29, 1.82) is 0 Å². The van der Waals surface area contributed by atoms with Crippen LogP contribution in [0.2, 0.25) is 0 Å². The Balaban J connectivity index is 1.47. The minimum absolute atomic E-state index is 0.0495. The highest BCUT2D eigenvalue weighted by Crippen LogP contribution is 2.29. The van der Waals surface area contributed by atoms with Gasteiger partial charge in [-0.25, -0.2) is 9.59 Å². The van der Waals surface area contributed by atoms with E-state index in [9.17, 15) is 33.6 Å². The van der Waals surface area contributed by atoms with Gasteiger partial charge in [-0.1, -0.05) is 19.1 Å². The van der Waals surface area contributed by atoms with Crippen LogP contribution in [0.25, 0.3) is 0 Å². The predicted octanol–water partition coefficient (Wildman–Crippen LogP) is 0.688. The van der Waals surface area contributed by atoms with Gasteiger partial charge in [0.05, 0.1) is 30.9 Å². The lowest BCUT2D eigenvalue weighted by Gasteiger charge is -2.44. The number of aryl methyl sites for hydroxylation is 2. The number of esters is 5. The van der Waals surface area contributed by atoms with E-state index in [1.54, 1.807) is 12.1 Å². The third-order valence-corrected chi connectivity index (χ3v) is 7.35. The standard InChI is InChI=1S/C32H42N2O14/c1-6-21-10-11-22(26-25(21)30(40)48-31(26)41)8-7-9-24(39)33-12-13-42-14-15-43-32-27(34-17(2)35)29(46-20(5)38)28(45-19(4)37)23(47-32)16-44-18(3)36/h10-11,23,27-29,32H,6-9,12-16H2,1-5H3,(H,33,39)(H,34,35). The molecular weight excluding hydrogens is 636 g/mol. The fourth-order valence-electron chi connectivity index (χ4n) is 5.39. The summed E-state index contributed by atoms with van der Waals surface area (Å²) in [6.45, 7) is 6.59. The molecule has 2 heterocycles. The van der Waals surface area contributed by atoms with Gasteiger partial charge in [0.15, 0.2) is 18.5 Å². The smallest absolute Gasteiger partial charge is 0.347 e. The van der Waals surface area contributed by atoms with Gasteiger partial charge in [-0.15, -0.1) is 0 Å². The van der Waals surface area contributed by atoms with Crippen molar-refractivity contribution in [3.8, 4) is 0 Å². The summed E-state index contributed by atoms with van der Waals surface area (Å²) in [6, 6.07) is 2.49. The van der Waals surface area contributed by atoms with E-state index in [1.807, 2.05) is 6.92 Å². The summed E-state index contributed by atoms with van der Waals surface area (Å²) in [5, 5.41) is 5.35. The zero-order valence-corrected chi connectivity index (χ0v) is 27.6. The van der Waals surface area contributed by atoms with Gasteiger partial charge in [0.2, 0.25) is 11.8 Å². The molecule has 1 aromatic carbocycles. The first-order chi connectivity index (χ1) is 22.8. The summed E-state index contributed by atoms with van der Waals surface area (Å²) in [7, 11) is 0. The molecule has 2 aliphatic rings. The van der Waals surface area contributed by atoms with Crippen LogP contribution < -0.4 is 10.6 Å². The molecule has 2 aliphatic heterocycles. The molecule has 0 radical (unpaired) electrons. The van der Waals surface area contributed by atoms with Gasteiger partial charge in [0, 0.05) is 40.7 Å². The molecule has 48 heavy (non-hydrogen) atoms. The van der Waals surface area contributed by atoms with Gasteiger partial charge in [-0.2, -0.15) is 0 Å². The van der Waals surface area contributed by atoms with Gasteiger partial charge < -0.3 is 43.8 Å². The van der Waals surface area contributed by atoms with Crippen LogP contribution in [-0.4, -0.2) is 105 Å². The monoisotopic (exact) mass is 678 g/mol. The Labute approximate surface area is 277 Å². The second-order valence-corrected chi connectivity index (χ2v) is 11.1. The maximum Gasteiger partial charge on any atom is 0.347 e. The second kappa shape index (κ2) is 18.2. The molecule has 0 spiro atoms. The van der Waals surface area contributed by atoms with Crippen molar-refractivity contribution < 1.29 is 66.7 Å². The van der Waals surface area contributed by atoms with E-state index >= 15 is 0 Å². The molecule has 0 aliphatic carbocycles. The maximum atomic E-state index is 12.3. The molecule has 1 fully saturated rings. The van der Waals surface area contributed by atoms with Gasteiger partial charge >= 0.3 is 29.8 Å². The summed E-state index contributed by atoms with van der Waals surface area (Å²) in [6.07, 6.45) is -3.15. The number of cyclic esters (lactones) is 2. The average Bonchev–Trinajstić information content (AvgIpc) is 3.31. The second-order valence-electron chi connectivity index (χ2n) is 11.1. The van der Waals surface area contributed by atoms with Crippen LogP contribution in [0.1, 0.15) is 79.3 Å². The molecule has 0 aromatic heterocycles. The molecule has 5 unspecified atom stereocenters. The van der Waals surface area contributed by atoms with Crippen molar-refractivity contribution in [3.05, 3.63) is 34.4 Å². The fraction of sp³-hybridized carbons (Fsp3) is 0.594. The van der Waals surface area contributed by atoms with E-state index in [4.69, 9.17) is 33.2 Å². The summed E-state index contributed by atoms with van der Waals surface area (Å²) in [5.41, 5.74) is 2.00. The van der Waals surface area contributed by atoms with Crippen molar-refractivity contribution in [2.24, 2.45) is 0 Å². The summed E-state index contributed by atoms with van der Waals surface area (Å²) < 4.78 is 37.9. The molecule has 2 N–H and O–H groups in total. The van der Waals surface area contributed by atoms with Crippen molar-refractivity contribution in [1.82, 2.24) is 10.6 Å². The first-order valence-corrected chi connectivity index (χ1v) is 15.6. The molecule has 5 atom stereocenters. The number of hydrogen-bond donors (Lipinski definition) is 2. The number of benzene rings is 1. The topological polar surface area (TPSA) is 208 Å². The zero-order chi connectivity index (χ0) is 35.4. The largest absolute Gasteiger partial charge is 0.463 e. The SMILES string of the molecule is CCc1ccc(CCCC(=O)NCCOCCOC2OC(COC(C)=O)C(OC(C)=O)C(OC(C)=O)C2NC(C)=O)c2c1C(=O)OC2=O. The first kappa shape index (κ1) is 38.0. The Morgan fingerprint density at radius 1 is 0.833 bits per heavy atom. The normalized spacial score (nSPS) is 21.5. The van der Waals surface area contributed by atoms with E-state index in [0.717, 1.165) is 19.4 Å². The van der Waals surface area contributed by atoms with Crippen molar-refractivity contribution in [2.45, 2.75) is 90.9 Å². The zero-order valence-electron chi connectivity index (χ0n) is 27.6. The number of amides is 2. The molecule has 3 rings (SSSR count). The van der Waals surface area contributed by atoms with Crippen LogP contribution in [0.5, 0.6) is 0 Å². The number of carbonyl (C=O) groups excluding carboxylic acids is 7. The number of ether oxygens (including phenoxy) is 7. The maximum absolute atomic E-state index is 12.3. The molecule has 16 heteroatoms. The number of rotatable bonds is 17. The quantitative estimate of drug-likeness (QED) is 0.101. The van der Waals surface area contributed by atoms with Crippen LogP contribution in [0.15, 0.2) is 12.1 Å². The molecular formula is C32H42N2O14. The van der Waals surface area contributed by atoms with Crippen LogP contribution in [0, 0.1) is 0 Å². The molecule has 0 saturated carbocycles. The molecule has 2 amide bonds. The summed E-state index contributed by atoms with van der Waals surface area (Å²) in [4.78, 5) is 83.9. The molecule has 1 aromatic rings. The van der Waals surface area contributed by atoms with E-state index in [1.165, 1.54) is 13.8 Å². The fourth-order valence-corrected chi connectivity index (χ4v) is 5.39. The number of hydrogen-bond acceptors (Lipinski definition) is 14. The molecule has 264 valence electrons. The first-order valence-electron chi connectivity index (χ1n) is 15.6. The number of nitrogens with one attached hydrogen (secondary N) is 2. The Kier molecular flexibility index (Phi) is 14.4. The minimum atomic E-state index is -1.24. The highest BCUT2D eigenvalue weighted by Gasteiger charge is 2.51. The van der Waals surface area contributed by atoms with Gasteiger partial charge in [0.25, 0.3) is 0 Å². The van der Waals surface area contributed by atoms with Gasteiger partial charge in [-0.3, -0.25) is 24.0 Å². The molecule has 0 bridgehead atoms. The van der Waals surface area contributed by atoms with Gasteiger partial charge in [0.1, 0.15) is 18.8 Å². The molecule has 16 nitrogen and oxygen atoms in total. The van der Waals surface area contributed by atoms with Crippen LogP contribution in [0.4, 0.5) is 0 Å². The van der Waals surface area contributed by atoms with Crippen molar-refractivity contribution in [3.63, 3.8) is 0 Å². The predicted molar refractivity (Wildman–Crippen MR) is 162 cm³/mol. The number of fused-ring (bicyclic) bond motifs is 1. The van der Waals surface area contributed by atoms with Crippen molar-refractivity contribution >= 4 is 41.7 Å². The number of carbonyl (C=O) groups is 7. The van der Waals surface area contributed by atoms with Crippen molar-refractivity contribution in [2.75, 3.05) is 33.0 Å². The van der Waals surface area contributed by atoms with E-state index in [2.05, 4.69) is 10.6 Å². The van der Waals surface area contributed by atoms with Gasteiger partial charge in [-0.05, 0) is 30.4 Å². The van der Waals surface area contributed by atoms with E-state index < -0.39 is 66.4 Å². The third kappa shape index (κ3) is 10.8. The average molecular weight is 679 g/mol.